The van der Waals surface area contributed by atoms with Crippen LogP contribution in [-0.4, -0.2) is 70.9 Å². The third-order valence-electron chi connectivity index (χ3n) is 5.16. The van der Waals surface area contributed by atoms with E-state index < -0.39 is 0 Å². The molecule has 3 heterocycles. The number of aryl methyl sites for hydroxylation is 1. The summed E-state index contributed by atoms with van der Waals surface area (Å²) in [7, 11) is 0. The number of nitrogens with zero attached hydrogens (tertiary/aromatic N) is 5. The largest absolute Gasteiger partial charge is 0.356 e. The van der Waals surface area contributed by atoms with Gasteiger partial charge in [-0.05, 0) is 25.7 Å². The number of anilines is 1. The summed E-state index contributed by atoms with van der Waals surface area (Å²) in [6.45, 7) is 9.90. The second kappa shape index (κ2) is 7.37. The molecule has 0 atom stereocenters. The van der Waals surface area contributed by atoms with Crippen molar-refractivity contribution < 1.29 is 9.59 Å². The zero-order valence-electron chi connectivity index (χ0n) is 15.4. The molecule has 0 unspecified atom stereocenters. The first-order valence-electron chi connectivity index (χ1n) is 9.09. The standard InChI is InChI=1S/C18H27N5O2/c1-13-4-6-22(7-5-13)17-12-16(19-14(2)20-17)18(25)23-10-8-21(9-11-23)15(3)24/h12-13H,4-11H2,1-3H3. The summed E-state index contributed by atoms with van der Waals surface area (Å²) in [5.41, 5.74) is 0.456. The maximum absolute atomic E-state index is 12.8. The van der Waals surface area contributed by atoms with Gasteiger partial charge >= 0.3 is 0 Å². The lowest BCUT2D eigenvalue weighted by Crippen LogP contribution is -2.50. The predicted octanol–water partition coefficient (Wildman–Crippen LogP) is 1.33. The molecule has 0 saturated carbocycles. The van der Waals surface area contributed by atoms with Crippen LogP contribution in [0.25, 0.3) is 0 Å². The number of hydrogen-bond donors (Lipinski definition) is 0. The van der Waals surface area contributed by atoms with Crippen molar-refractivity contribution in [3.63, 3.8) is 0 Å². The van der Waals surface area contributed by atoms with Crippen molar-refractivity contribution in [2.75, 3.05) is 44.2 Å². The fourth-order valence-corrected chi connectivity index (χ4v) is 3.45. The van der Waals surface area contributed by atoms with E-state index in [0.717, 1.165) is 37.7 Å². The molecule has 3 rings (SSSR count). The molecule has 2 saturated heterocycles. The molecule has 0 aliphatic carbocycles. The van der Waals surface area contributed by atoms with E-state index in [1.54, 1.807) is 16.7 Å². The number of amides is 2. The van der Waals surface area contributed by atoms with Crippen molar-refractivity contribution in [1.29, 1.82) is 0 Å². The van der Waals surface area contributed by atoms with Crippen molar-refractivity contribution >= 4 is 17.6 Å². The van der Waals surface area contributed by atoms with Gasteiger partial charge in [-0.15, -0.1) is 0 Å². The zero-order chi connectivity index (χ0) is 18.0. The number of aromatic nitrogens is 2. The number of piperidine rings is 1. The summed E-state index contributed by atoms with van der Waals surface area (Å²) in [5.74, 6) is 2.22. The quantitative estimate of drug-likeness (QED) is 0.809. The minimum Gasteiger partial charge on any atom is -0.356 e. The van der Waals surface area contributed by atoms with Gasteiger partial charge in [-0.25, -0.2) is 9.97 Å². The van der Waals surface area contributed by atoms with Crippen molar-refractivity contribution in [1.82, 2.24) is 19.8 Å². The minimum atomic E-state index is -0.0691. The van der Waals surface area contributed by atoms with Gasteiger partial charge in [0.1, 0.15) is 17.3 Å². The Balaban J connectivity index is 1.71. The van der Waals surface area contributed by atoms with Gasteiger partial charge in [0.05, 0.1) is 0 Å². The molecule has 0 bridgehead atoms. The van der Waals surface area contributed by atoms with Gasteiger partial charge in [0.25, 0.3) is 5.91 Å². The molecule has 1 aromatic rings. The lowest BCUT2D eigenvalue weighted by Gasteiger charge is -2.34. The first-order chi connectivity index (χ1) is 11.9. The number of hydrogen-bond acceptors (Lipinski definition) is 5. The molecular formula is C18H27N5O2. The van der Waals surface area contributed by atoms with Gasteiger partial charge in [0.2, 0.25) is 5.91 Å². The van der Waals surface area contributed by atoms with Crippen LogP contribution >= 0.6 is 0 Å². The van der Waals surface area contributed by atoms with Crippen LogP contribution < -0.4 is 4.90 Å². The van der Waals surface area contributed by atoms with Crippen LogP contribution in [-0.2, 0) is 4.79 Å². The molecule has 2 aliphatic heterocycles. The van der Waals surface area contributed by atoms with Crippen molar-refractivity contribution in [3.05, 3.63) is 17.6 Å². The Bertz CT molecular complexity index is 647. The van der Waals surface area contributed by atoms with Crippen LogP contribution in [0.5, 0.6) is 0 Å². The summed E-state index contributed by atoms with van der Waals surface area (Å²) < 4.78 is 0. The Labute approximate surface area is 149 Å². The smallest absolute Gasteiger partial charge is 0.272 e. The second-order valence-electron chi connectivity index (χ2n) is 7.13. The molecular weight excluding hydrogens is 318 g/mol. The Morgan fingerprint density at radius 2 is 1.60 bits per heavy atom. The van der Waals surface area contributed by atoms with Crippen LogP contribution in [0.4, 0.5) is 5.82 Å². The fourth-order valence-electron chi connectivity index (χ4n) is 3.45. The molecule has 0 aromatic carbocycles. The van der Waals surface area contributed by atoms with Crippen LogP contribution in [0.3, 0.4) is 0 Å². The molecule has 7 nitrogen and oxygen atoms in total. The number of carbonyl (C=O) groups excluding carboxylic acids is 2. The first kappa shape index (κ1) is 17.6. The fraction of sp³-hybridized carbons (Fsp3) is 0.667. The van der Waals surface area contributed by atoms with Crippen LogP contribution in [0.2, 0.25) is 0 Å². The summed E-state index contributed by atoms with van der Waals surface area (Å²) >= 11 is 0. The van der Waals surface area contributed by atoms with Crippen LogP contribution in [0.1, 0.15) is 43.0 Å². The van der Waals surface area contributed by atoms with E-state index in [1.807, 2.05) is 13.0 Å². The summed E-state index contributed by atoms with van der Waals surface area (Å²) in [6.07, 6.45) is 2.30. The number of piperazine rings is 1. The van der Waals surface area contributed by atoms with Gasteiger partial charge in [-0.1, -0.05) is 6.92 Å². The van der Waals surface area contributed by atoms with Crippen molar-refractivity contribution in [2.24, 2.45) is 5.92 Å². The molecule has 2 aliphatic rings. The molecule has 2 fully saturated rings. The third kappa shape index (κ3) is 4.08. The first-order valence-corrected chi connectivity index (χ1v) is 9.09. The Kier molecular flexibility index (Phi) is 5.20. The van der Waals surface area contributed by atoms with E-state index in [0.29, 0.717) is 37.7 Å². The molecule has 7 heteroatoms. The molecule has 0 spiro atoms. The van der Waals surface area contributed by atoms with E-state index in [9.17, 15) is 9.59 Å². The summed E-state index contributed by atoms with van der Waals surface area (Å²) in [4.78, 5) is 39.0. The van der Waals surface area contributed by atoms with E-state index in [4.69, 9.17) is 0 Å². The SMILES string of the molecule is CC(=O)N1CCN(C(=O)c2cc(N3CCC(C)CC3)nc(C)n2)CC1. The maximum Gasteiger partial charge on any atom is 0.272 e. The maximum atomic E-state index is 12.8. The van der Waals surface area contributed by atoms with E-state index in [-0.39, 0.29) is 11.8 Å². The Hall–Kier alpha value is -2.18. The van der Waals surface area contributed by atoms with Gasteiger partial charge in [-0.2, -0.15) is 0 Å². The Morgan fingerprint density at radius 1 is 1.00 bits per heavy atom. The van der Waals surface area contributed by atoms with E-state index in [1.165, 1.54) is 0 Å². The summed E-state index contributed by atoms with van der Waals surface area (Å²) in [6, 6.07) is 1.82. The monoisotopic (exact) mass is 345 g/mol. The average molecular weight is 345 g/mol. The van der Waals surface area contributed by atoms with Crippen molar-refractivity contribution in [3.8, 4) is 0 Å². The highest BCUT2D eigenvalue weighted by Crippen LogP contribution is 2.22. The van der Waals surface area contributed by atoms with Crippen molar-refractivity contribution in [2.45, 2.75) is 33.6 Å². The third-order valence-corrected chi connectivity index (χ3v) is 5.16. The zero-order valence-corrected chi connectivity index (χ0v) is 15.4. The number of carbonyl (C=O) groups is 2. The normalized spacial score (nSPS) is 19.2. The van der Waals surface area contributed by atoms with E-state index >= 15 is 0 Å². The van der Waals surface area contributed by atoms with Gasteiger partial charge in [-0.3, -0.25) is 9.59 Å². The van der Waals surface area contributed by atoms with Gasteiger partial charge < -0.3 is 14.7 Å². The highest BCUT2D eigenvalue weighted by molar-refractivity contribution is 5.93. The second-order valence-corrected chi connectivity index (χ2v) is 7.13. The highest BCUT2D eigenvalue weighted by Gasteiger charge is 2.25. The predicted molar refractivity (Wildman–Crippen MR) is 95.5 cm³/mol. The number of rotatable bonds is 2. The molecule has 25 heavy (non-hydrogen) atoms. The summed E-state index contributed by atoms with van der Waals surface area (Å²) in [5, 5.41) is 0. The van der Waals surface area contributed by atoms with E-state index in [2.05, 4.69) is 21.8 Å². The van der Waals surface area contributed by atoms with Gasteiger partial charge in [0, 0.05) is 52.3 Å². The highest BCUT2D eigenvalue weighted by atomic mass is 16.2. The lowest BCUT2D eigenvalue weighted by atomic mass is 9.99. The topological polar surface area (TPSA) is 69.6 Å². The molecule has 0 radical (unpaired) electrons. The minimum absolute atomic E-state index is 0.0617. The molecule has 1 aromatic heterocycles. The van der Waals surface area contributed by atoms with Crippen LogP contribution in [0, 0.1) is 12.8 Å². The Morgan fingerprint density at radius 3 is 2.20 bits per heavy atom. The lowest BCUT2D eigenvalue weighted by molar-refractivity contribution is -0.130. The molecule has 0 N–H and O–H groups in total. The average Bonchev–Trinajstić information content (AvgIpc) is 2.61. The van der Waals surface area contributed by atoms with Gasteiger partial charge in [0.15, 0.2) is 0 Å². The molecule has 136 valence electrons. The van der Waals surface area contributed by atoms with Crippen LogP contribution in [0.15, 0.2) is 6.07 Å². The molecule has 2 amide bonds.